The van der Waals surface area contributed by atoms with Crippen LogP contribution in [-0.2, 0) is 5.41 Å². The molecule has 0 spiro atoms. The predicted molar refractivity (Wildman–Crippen MR) is 378 cm³/mol. The third-order valence-corrected chi connectivity index (χ3v) is 20.5. The number of thiophene rings is 2. The highest BCUT2D eigenvalue weighted by Gasteiger charge is 2.46. The maximum Gasteiger partial charge on any atom is 0.252 e. The van der Waals surface area contributed by atoms with Crippen LogP contribution in [0.5, 0.6) is 0 Å². The number of rotatable bonds is 8. The van der Waals surface area contributed by atoms with Gasteiger partial charge in [0.25, 0.3) is 6.71 Å². The van der Waals surface area contributed by atoms with Crippen LogP contribution in [-0.4, -0.2) is 6.71 Å². The van der Waals surface area contributed by atoms with Gasteiger partial charge in [-0.25, -0.2) is 0 Å². The summed E-state index contributed by atoms with van der Waals surface area (Å²) < 4.78 is 24.4. The molecule has 87 heavy (non-hydrogen) atoms. The number of nitrogens with zero attached hydrogens (tertiary/aromatic N) is 2. The Morgan fingerprint density at radius 1 is 0.322 bits per heavy atom. The van der Waals surface area contributed by atoms with Crippen molar-refractivity contribution >= 4 is 120 Å². The molecule has 17 rings (SSSR count). The quantitative estimate of drug-likeness (QED) is 0.140. The number of fused-ring (bicyclic) bond motifs is 10. The first kappa shape index (κ1) is 49.2. The van der Waals surface area contributed by atoms with Crippen LogP contribution >= 0.6 is 22.7 Å². The Balaban J connectivity index is 1.05. The van der Waals surface area contributed by atoms with E-state index in [2.05, 4.69) is 310 Å². The molecular weight excluding hydrogens is 1090 g/mol. The van der Waals surface area contributed by atoms with Gasteiger partial charge in [-0.15, -0.1) is 22.7 Å². The Kier molecular flexibility index (Phi) is 11.5. The summed E-state index contributed by atoms with van der Waals surface area (Å²) in [5.41, 5.74) is 23.6. The van der Waals surface area contributed by atoms with Gasteiger partial charge in [0.1, 0.15) is 0 Å². The summed E-state index contributed by atoms with van der Waals surface area (Å²) >= 11 is 3.74. The number of hydrogen-bond donors (Lipinski definition) is 0. The second-order valence-electron chi connectivity index (χ2n) is 24.1. The van der Waals surface area contributed by atoms with Gasteiger partial charge in [0, 0.05) is 85.3 Å². The van der Waals surface area contributed by atoms with E-state index < -0.39 is 0 Å². The minimum Gasteiger partial charge on any atom is -0.310 e. The highest BCUT2D eigenvalue weighted by atomic mass is 32.1. The molecular formula is C82H57BN2S2. The van der Waals surface area contributed by atoms with Crippen molar-refractivity contribution in [3.8, 4) is 66.8 Å². The molecule has 0 radical (unpaired) electrons. The van der Waals surface area contributed by atoms with E-state index in [0.29, 0.717) is 12.1 Å². The zero-order valence-electron chi connectivity index (χ0n) is 50.3. The van der Waals surface area contributed by atoms with Crippen LogP contribution in [0, 0.1) is 0 Å². The molecule has 0 amide bonds. The van der Waals surface area contributed by atoms with E-state index in [9.17, 15) is 2.74 Å². The molecule has 0 saturated heterocycles. The lowest BCUT2D eigenvalue weighted by Gasteiger charge is -2.46. The third-order valence-electron chi connectivity index (χ3n) is 18.1. The molecule has 2 aliphatic heterocycles. The molecule has 2 aromatic heterocycles. The summed E-state index contributed by atoms with van der Waals surface area (Å²) in [6, 6.07) is 103. The van der Waals surface area contributed by atoms with Gasteiger partial charge in [-0.2, -0.15) is 0 Å². The van der Waals surface area contributed by atoms with Crippen molar-refractivity contribution in [3.63, 3.8) is 0 Å². The summed E-state index contributed by atoms with van der Waals surface area (Å²) in [5, 5.41) is 5.08. The number of anilines is 6. The fourth-order valence-electron chi connectivity index (χ4n) is 14.0. The predicted octanol–water partition coefficient (Wildman–Crippen LogP) is 21.8. The molecule has 13 aromatic carbocycles. The van der Waals surface area contributed by atoms with Crippen LogP contribution in [0.1, 0.15) is 29.1 Å². The second-order valence-corrected chi connectivity index (χ2v) is 26.2. The van der Waals surface area contributed by atoms with Gasteiger partial charge in [0.05, 0.1) is 14.1 Å². The lowest BCUT2D eigenvalue weighted by molar-refractivity contribution is 0.590. The third kappa shape index (κ3) is 8.29. The van der Waals surface area contributed by atoms with Crippen molar-refractivity contribution in [3.05, 3.63) is 297 Å². The van der Waals surface area contributed by atoms with Crippen LogP contribution < -0.4 is 26.2 Å². The molecule has 0 bridgehead atoms. The topological polar surface area (TPSA) is 6.48 Å². The molecule has 410 valence electrons. The maximum atomic E-state index is 9.66. The van der Waals surface area contributed by atoms with Gasteiger partial charge < -0.3 is 9.80 Å². The van der Waals surface area contributed by atoms with Gasteiger partial charge in [-0.3, -0.25) is 0 Å². The number of hydrogen-bond acceptors (Lipinski definition) is 4. The highest BCUT2D eigenvalue weighted by Crippen LogP contribution is 2.54. The maximum absolute atomic E-state index is 9.66. The number of para-hydroxylation sites is 2. The van der Waals surface area contributed by atoms with Crippen LogP contribution in [0.3, 0.4) is 0 Å². The molecule has 5 heteroatoms. The molecule has 15 aromatic rings. The summed E-state index contributed by atoms with van der Waals surface area (Å²) in [6.45, 7) is 6.73. The lowest BCUT2D eigenvalue weighted by Crippen LogP contribution is -2.61. The second kappa shape index (κ2) is 20.3. The van der Waals surface area contributed by atoms with Crippen LogP contribution in [0.15, 0.2) is 291 Å². The van der Waals surface area contributed by atoms with Crippen molar-refractivity contribution < 1.29 is 2.74 Å². The van der Waals surface area contributed by atoms with Gasteiger partial charge in [0.15, 0.2) is 0 Å². The normalized spacial score (nSPS) is 13.0. The SMILES string of the molecule is [2H]c1cc(-c2ccccc2)c(N2c3ccc(-c4cccc5c4sc4ccccc45)cc3B3c4cc(-c5cccc6c5sc5ccccc56)ccc4N(c4c(-c5ccccc5)cc([2H])cc4-c4ccccc4)c4cc(C(C)(C)C)cc2c43)c(-c2ccccc2)c1. The van der Waals surface area contributed by atoms with Crippen molar-refractivity contribution in [2.45, 2.75) is 26.2 Å². The molecule has 0 aliphatic carbocycles. The molecule has 0 atom stereocenters. The summed E-state index contributed by atoms with van der Waals surface area (Å²) in [4.78, 5) is 5.17. The minimum absolute atomic E-state index is 0.277. The standard InChI is InChI=1S/C82H57BN2S2/c1-82(2,3)58-50-73-77-74(51-58)85(79-61(54-28-12-6-13-29-54)36-21-37-62(79)55-30-14-7-15-31-55)72-47-45-57(64-39-23-41-68-66-33-17-19-43-76(66)87-81(64)68)49-70(72)83(77)69-48-56(63-38-22-40-67-65-32-16-18-42-75(65)86-80(63)67)44-46-71(69)84(73)78-59(52-24-8-4-9-25-52)34-20-35-60(78)53-26-10-5-11-27-53/h4-51H,1-3H3/i20D,21D. The van der Waals surface area contributed by atoms with Crippen molar-refractivity contribution in [1.29, 1.82) is 0 Å². The van der Waals surface area contributed by atoms with Crippen LogP contribution in [0.4, 0.5) is 34.1 Å². The largest absolute Gasteiger partial charge is 0.310 e. The Labute approximate surface area is 519 Å². The highest BCUT2D eigenvalue weighted by molar-refractivity contribution is 7.26. The van der Waals surface area contributed by atoms with E-state index in [1.807, 2.05) is 22.7 Å². The average Bonchev–Trinajstić information content (AvgIpc) is 0.956. The molecule has 0 fully saturated rings. The first-order valence-corrected chi connectivity index (χ1v) is 31.6. The van der Waals surface area contributed by atoms with Gasteiger partial charge in [-0.05, 0) is 108 Å². The fraction of sp³-hybridized carbons (Fsp3) is 0.0488. The molecule has 2 aliphatic rings. The van der Waals surface area contributed by atoms with Crippen molar-refractivity contribution in [1.82, 2.24) is 0 Å². The van der Waals surface area contributed by atoms with Gasteiger partial charge in [0.2, 0.25) is 0 Å². The van der Waals surface area contributed by atoms with E-state index in [-0.39, 0.29) is 12.1 Å². The van der Waals surface area contributed by atoms with E-state index in [0.717, 1.165) is 89.8 Å². The van der Waals surface area contributed by atoms with E-state index >= 15 is 0 Å². The Bertz CT molecular complexity index is 4900. The molecule has 0 N–H and O–H groups in total. The summed E-state index contributed by atoms with van der Waals surface area (Å²) in [7, 11) is 0. The van der Waals surface area contributed by atoms with Crippen molar-refractivity contribution in [2.24, 2.45) is 0 Å². The van der Waals surface area contributed by atoms with Crippen LogP contribution in [0.2, 0.25) is 0 Å². The lowest BCUT2D eigenvalue weighted by atomic mass is 9.33. The molecule has 0 saturated carbocycles. The smallest absolute Gasteiger partial charge is 0.252 e. The zero-order chi connectivity index (χ0) is 59.6. The van der Waals surface area contributed by atoms with E-state index in [4.69, 9.17) is 0 Å². The Hall–Kier alpha value is -10.0. The number of benzene rings is 13. The zero-order valence-corrected chi connectivity index (χ0v) is 50.0. The Morgan fingerprint density at radius 3 is 1.06 bits per heavy atom. The van der Waals surface area contributed by atoms with E-state index in [1.165, 1.54) is 73.4 Å². The van der Waals surface area contributed by atoms with Gasteiger partial charge >= 0.3 is 0 Å². The minimum atomic E-state index is -0.316. The van der Waals surface area contributed by atoms with Gasteiger partial charge in [-0.1, -0.05) is 276 Å². The fourth-order valence-corrected chi connectivity index (χ4v) is 16.5. The monoisotopic (exact) mass is 1150 g/mol. The molecule has 4 heterocycles. The first-order valence-electron chi connectivity index (χ1n) is 31.0. The average molecular weight is 1150 g/mol. The van der Waals surface area contributed by atoms with Crippen molar-refractivity contribution in [2.75, 3.05) is 9.80 Å². The Morgan fingerprint density at radius 2 is 0.678 bits per heavy atom. The van der Waals surface area contributed by atoms with Crippen LogP contribution in [0.25, 0.3) is 107 Å². The van der Waals surface area contributed by atoms with E-state index in [1.54, 1.807) is 0 Å². The first-order chi connectivity index (χ1) is 43.6. The summed E-state index contributed by atoms with van der Waals surface area (Å²) in [6.07, 6.45) is 0. The molecule has 2 nitrogen and oxygen atoms in total. The molecule has 0 unspecified atom stereocenters. The summed E-state index contributed by atoms with van der Waals surface area (Å²) in [5.74, 6) is 0.